The maximum atomic E-state index is 6.03. The molecule has 0 aliphatic heterocycles. The van der Waals surface area contributed by atoms with E-state index in [1.54, 1.807) is 0 Å². The van der Waals surface area contributed by atoms with Gasteiger partial charge in [0.15, 0.2) is 0 Å². The van der Waals surface area contributed by atoms with Crippen molar-refractivity contribution in [2.75, 3.05) is 0 Å². The van der Waals surface area contributed by atoms with E-state index in [4.69, 9.17) is 10.5 Å². The van der Waals surface area contributed by atoms with Crippen LogP contribution in [0.25, 0.3) is 0 Å². The molecule has 17 heavy (non-hydrogen) atoms. The predicted octanol–water partition coefficient (Wildman–Crippen LogP) is 4.47. The van der Waals surface area contributed by atoms with Crippen molar-refractivity contribution >= 4 is 0 Å². The highest BCUT2D eigenvalue weighted by atomic mass is 16.5. The van der Waals surface area contributed by atoms with Gasteiger partial charge in [-0.3, -0.25) is 0 Å². The third kappa shape index (κ3) is 7.05. The van der Waals surface area contributed by atoms with Crippen LogP contribution in [0.5, 0.6) is 0 Å². The van der Waals surface area contributed by atoms with E-state index < -0.39 is 0 Å². The summed E-state index contributed by atoms with van der Waals surface area (Å²) < 4.78 is 5.85. The van der Waals surface area contributed by atoms with Gasteiger partial charge in [0, 0.05) is 0 Å². The molecule has 0 spiro atoms. The molecule has 0 heterocycles. The molecular formula is C15H33NO. The first-order valence-electron chi connectivity index (χ1n) is 7.22. The van der Waals surface area contributed by atoms with Gasteiger partial charge < -0.3 is 10.5 Å². The molecule has 0 aromatic heterocycles. The van der Waals surface area contributed by atoms with Crippen LogP contribution in [-0.4, -0.2) is 11.8 Å². The molecule has 0 aromatic rings. The standard InChI is InChI=1S/C15H33NO/c1-7-14(4,5)17-13(16)11-10-12-15(6,8-2)9-3/h13H,7-12,16H2,1-6H3. The number of ether oxygens (including phenoxy) is 1. The summed E-state index contributed by atoms with van der Waals surface area (Å²) in [6.45, 7) is 13.3. The minimum absolute atomic E-state index is 0.0851. The quantitative estimate of drug-likeness (QED) is 0.606. The van der Waals surface area contributed by atoms with Gasteiger partial charge in [-0.15, -0.1) is 0 Å². The Hall–Kier alpha value is -0.0800. The summed E-state index contributed by atoms with van der Waals surface area (Å²) in [7, 11) is 0. The Kier molecular flexibility index (Phi) is 7.34. The topological polar surface area (TPSA) is 35.2 Å². The first kappa shape index (κ1) is 16.9. The average molecular weight is 243 g/mol. The van der Waals surface area contributed by atoms with Crippen LogP contribution in [0, 0.1) is 5.41 Å². The van der Waals surface area contributed by atoms with Crippen molar-refractivity contribution < 1.29 is 4.74 Å². The smallest absolute Gasteiger partial charge is 0.106 e. The van der Waals surface area contributed by atoms with Crippen molar-refractivity contribution in [3.05, 3.63) is 0 Å². The lowest BCUT2D eigenvalue weighted by molar-refractivity contribution is -0.0749. The lowest BCUT2D eigenvalue weighted by Crippen LogP contribution is -2.35. The summed E-state index contributed by atoms with van der Waals surface area (Å²) in [5.74, 6) is 0. The summed E-state index contributed by atoms with van der Waals surface area (Å²) >= 11 is 0. The van der Waals surface area contributed by atoms with Crippen LogP contribution < -0.4 is 5.73 Å². The van der Waals surface area contributed by atoms with Crippen LogP contribution in [0.15, 0.2) is 0 Å². The first-order chi connectivity index (χ1) is 7.78. The van der Waals surface area contributed by atoms with E-state index in [9.17, 15) is 0 Å². The zero-order valence-electron chi connectivity index (χ0n) is 12.8. The summed E-state index contributed by atoms with van der Waals surface area (Å²) in [6.07, 6.45) is 6.78. The van der Waals surface area contributed by atoms with Crippen LogP contribution in [0.3, 0.4) is 0 Å². The second kappa shape index (κ2) is 7.38. The number of hydrogen-bond acceptors (Lipinski definition) is 2. The summed E-state index contributed by atoms with van der Waals surface area (Å²) in [5, 5.41) is 0. The van der Waals surface area contributed by atoms with Crippen LogP contribution in [0.4, 0.5) is 0 Å². The Morgan fingerprint density at radius 3 is 1.94 bits per heavy atom. The van der Waals surface area contributed by atoms with Crippen molar-refractivity contribution in [2.45, 2.75) is 91.9 Å². The van der Waals surface area contributed by atoms with Crippen LogP contribution in [-0.2, 0) is 4.74 Å². The number of nitrogens with two attached hydrogens (primary N) is 1. The maximum absolute atomic E-state index is 6.03. The first-order valence-corrected chi connectivity index (χ1v) is 7.22. The molecule has 0 bridgehead atoms. The molecule has 0 amide bonds. The van der Waals surface area contributed by atoms with E-state index in [2.05, 4.69) is 41.5 Å². The van der Waals surface area contributed by atoms with Crippen molar-refractivity contribution in [3.8, 4) is 0 Å². The molecule has 104 valence electrons. The van der Waals surface area contributed by atoms with Crippen LogP contribution >= 0.6 is 0 Å². The van der Waals surface area contributed by atoms with Gasteiger partial charge in [0.05, 0.1) is 5.60 Å². The van der Waals surface area contributed by atoms with E-state index in [1.165, 1.54) is 25.7 Å². The average Bonchev–Trinajstić information content (AvgIpc) is 2.28. The SMILES string of the molecule is CCC(C)(CC)CCCC(N)OC(C)(C)CC. The van der Waals surface area contributed by atoms with Crippen LogP contribution in [0.2, 0.25) is 0 Å². The van der Waals surface area contributed by atoms with Gasteiger partial charge in [0.2, 0.25) is 0 Å². The highest BCUT2D eigenvalue weighted by Gasteiger charge is 2.22. The molecule has 0 aliphatic carbocycles. The van der Waals surface area contributed by atoms with E-state index in [0.717, 1.165) is 12.8 Å². The van der Waals surface area contributed by atoms with Crippen LogP contribution in [0.1, 0.15) is 80.1 Å². The molecule has 0 aliphatic rings. The summed E-state index contributed by atoms with van der Waals surface area (Å²) in [6, 6.07) is 0. The maximum Gasteiger partial charge on any atom is 0.106 e. The van der Waals surface area contributed by atoms with Crippen molar-refractivity contribution in [3.63, 3.8) is 0 Å². The second-order valence-corrected chi connectivity index (χ2v) is 6.18. The van der Waals surface area contributed by atoms with Gasteiger partial charge in [-0.05, 0) is 44.9 Å². The molecule has 2 N–H and O–H groups in total. The molecule has 0 saturated heterocycles. The predicted molar refractivity (Wildman–Crippen MR) is 76.0 cm³/mol. The van der Waals surface area contributed by atoms with Crippen molar-refractivity contribution in [1.82, 2.24) is 0 Å². The molecule has 2 nitrogen and oxygen atoms in total. The Morgan fingerprint density at radius 1 is 1.00 bits per heavy atom. The van der Waals surface area contributed by atoms with Crippen molar-refractivity contribution in [1.29, 1.82) is 0 Å². The van der Waals surface area contributed by atoms with Gasteiger partial charge in [-0.2, -0.15) is 0 Å². The Bertz CT molecular complexity index is 197. The molecule has 0 radical (unpaired) electrons. The molecule has 1 atom stereocenters. The fourth-order valence-electron chi connectivity index (χ4n) is 1.89. The zero-order chi connectivity index (χ0) is 13.5. The number of rotatable bonds is 9. The van der Waals surface area contributed by atoms with E-state index >= 15 is 0 Å². The Balaban J connectivity index is 3.89. The third-order valence-corrected chi connectivity index (χ3v) is 4.30. The zero-order valence-corrected chi connectivity index (χ0v) is 12.8. The number of hydrogen-bond donors (Lipinski definition) is 1. The van der Waals surface area contributed by atoms with Crippen molar-refractivity contribution in [2.24, 2.45) is 11.1 Å². The van der Waals surface area contributed by atoms with Gasteiger partial charge in [-0.1, -0.05) is 40.5 Å². The molecule has 1 unspecified atom stereocenters. The highest BCUT2D eigenvalue weighted by Crippen LogP contribution is 2.31. The summed E-state index contributed by atoms with van der Waals surface area (Å²) in [4.78, 5) is 0. The normalized spacial score (nSPS) is 15.0. The minimum atomic E-state index is -0.108. The fourth-order valence-corrected chi connectivity index (χ4v) is 1.89. The van der Waals surface area contributed by atoms with Gasteiger partial charge in [-0.25, -0.2) is 0 Å². The largest absolute Gasteiger partial charge is 0.358 e. The summed E-state index contributed by atoms with van der Waals surface area (Å²) in [5.41, 5.74) is 6.43. The molecule has 0 saturated carbocycles. The molecule has 2 heteroatoms. The lowest BCUT2D eigenvalue weighted by Gasteiger charge is -2.30. The second-order valence-electron chi connectivity index (χ2n) is 6.18. The molecule has 0 rings (SSSR count). The van der Waals surface area contributed by atoms with E-state index in [-0.39, 0.29) is 11.8 Å². The molecular weight excluding hydrogens is 210 g/mol. The van der Waals surface area contributed by atoms with Gasteiger partial charge in [0.25, 0.3) is 0 Å². The fraction of sp³-hybridized carbons (Fsp3) is 1.00. The molecule has 0 aromatic carbocycles. The monoisotopic (exact) mass is 243 g/mol. The Labute approximate surface area is 108 Å². The van der Waals surface area contributed by atoms with Gasteiger partial charge in [0.1, 0.15) is 6.23 Å². The third-order valence-electron chi connectivity index (χ3n) is 4.30. The molecule has 0 fully saturated rings. The van der Waals surface area contributed by atoms with E-state index in [0.29, 0.717) is 5.41 Å². The lowest BCUT2D eigenvalue weighted by atomic mass is 9.80. The highest BCUT2D eigenvalue weighted by molar-refractivity contribution is 4.72. The Morgan fingerprint density at radius 2 is 1.53 bits per heavy atom. The van der Waals surface area contributed by atoms with Gasteiger partial charge >= 0.3 is 0 Å². The minimum Gasteiger partial charge on any atom is -0.358 e. The van der Waals surface area contributed by atoms with E-state index in [1.807, 2.05) is 0 Å².